The number of aromatic nitrogens is 2. The predicted octanol–water partition coefficient (Wildman–Crippen LogP) is 4.05. The second-order valence-electron chi connectivity index (χ2n) is 7.74. The highest BCUT2D eigenvalue weighted by atomic mass is 16.5. The number of carbonyl (C=O) groups is 2. The second kappa shape index (κ2) is 8.79. The van der Waals surface area contributed by atoms with E-state index in [1.54, 1.807) is 30.0 Å². The first-order valence-electron chi connectivity index (χ1n) is 10.8. The summed E-state index contributed by atoms with van der Waals surface area (Å²) < 4.78 is 7.27. The van der Waals surface area contributed by atoms with Crippen molar-refractivity contribution in [2.75, 3.05) is 18.1 Å². The second-order valence-corrected chi connectivity index (χ2v) is 7.74. The zero-order valence-corrected chi connectivity index (χ0v) is 17.8. The van der Waals surface area contributed by atoms with Crippen LogP contribution in [0.2, 0.25) is 0 Å². The zero-order valence-electron chi connectivity index (χ0n) is 17.8. The van der Waals surface area contributed by atoms with E-state index in [1.165, 1.54) is 0 Å². The molecule has 1 N–H and O–H groups in total. The average molecular weight is 421 g/mol. The number of benzene rings is 2. The summed E-state index contributed by atoms with van der Waals surface area (Å²) in [6.45, 7) is 4.50. The van der Waals surface area contributed by atoms with E-state index in [-0.39, 0.29) is 18.3 Å². The molecular formula is C24H27N3O4. The van der Waals surface area contributed by atoms with Crippen molar-refractivity contribution in [3.8, 4) is 5.75 Å². The Morgan fingerprint density at radius 3 is 2.68 bits per heavy atom. The first-order chi connectivity index (χ1) is 15.1. The molecule has 0 fully saturated rings. The Morgan fingerprint density at radius 1 is 1.13 bits per heavy atom. The number of aromatic hydroxyl groups is 1. The van der Waals surface area contributed by atoms with Gasteiger partial charge in [0.25, 0.3) is 0 Å². The number of carbonyl (C=O) groups excluding carboxylic acids is 2. The van der Waals surface area contributed by atoms with E-state index < -0.39 is 17.9 Å². The zero-order chi connectivity index (χ0) is 22.0. The number of imidazole rings is 1. The van der Waals surface area contributed by atoms with Gasteiger partial charge in [-0.2, -0.15) is 0 Å². The van der Waals surface area contributed by atoms with Crippen LogP contribution in [-0.4, -0.2) is 39.7 Å². The Balaban J connectivity index is 1.94. The lowest BCUT2D eigenvalue weighted by molar-refractivity contribution is -0.153. The maximum atomic E-state index is 13.7. The molecule has 0 saturated heterocycles. The Labute approximate surface area is 181 Å². The van der Waals surface area contributed by atoms with Crippen LogP contribution in [0.25, 0.3) is 11.0 Å². The van der Waals surface area contributed by atoms with Gasteiger partial charge in [0.2, 0.25) is 11.9 Å². The third kappa shape index (κ3) is 3.76. The molecule has 2 heterocycles. The summed E-state index contributed by atoms with van der Waals surface area (Å²) in [6, 6.07) is 13.7. The fraction of sp³-hybridized carbons (Fsp3) is 0.375. The van der Waals surface area contributed by atoms with Crippen LogP contribution >= 0.6 is 0 Å². The number of anilines is 1. The number of fused-ring (bicyclic) bond motifs is 3. The van der Waals surface area contributed by atoms with Crippen LogP contribution in [0.4, 0.5) is 5.95 Å². The molecule has 0 saturated carbocycles. The molecule has 7 nitrogen and oxygen atoms in total. The lowest BCUT2D eigenvalue weighted by atomic mass is 9.89. The molecule has 2 unspecified atom stereocenters. The standard InChI is InChI=1S/C24H27N3O4/c1-3-5-8-14-26-22(29)20(23(30)31-4-2)21(16-10-9-11-17(28)15-16)27-19-13-7-6-12-18(19)25-24(26)27/h6-7,9-13,15,20-21,28H,3-5,8,14H2,1-2H3. The average Bonchev–Trinajstić information content (AvgIpc) is 3.14. The molecule has 31 heavy (non-hydrogen) atoms. The van der Waals surface area contributed by atoms with Crippen molar-refractivity contribution in [1.82, 2.24) is 9.55 Å². The predicted molar refractivity (Wildman–Crippen MR) is 118 cm³/mol. The monoisotopic (exact) mass is 421 g/mol. The number of amides is 1. The summed E-state index contributed by atoms with van der Waals surface area (Å²) in [5.41, 5.74) is 2.23. The molecule has 1 aliphatic heterocycles. The Kier molecular flexibility index (Phi) is 5.93. The minimum Gasteiger partial charge on any atom is -0.508 e. The number of unbranched alkanes of at least 4 members (excludes halogenated alkanes) is 2. The topological polar surface area (TPSA) is 84.7 Å². The number of esters is 1. The van der Waals surface area contributed by atoms with Crippen LogP contribution < -0.4 is 4.90 Å². The van der Waals surface area contributed by atoms with E-state index in [2.05, 4.69) is 6.92 Å². The van der Waals surface area contributed by atoms with Crippen molar-refractivity contribution >= 4 is 28.9 Å². The van der Waals surface area contributed by atoms with E-state index in [0.717, 1.165) is 30.3 Å². The quantitative estimate of drug-likeness (QED) is 0.353. The van der Waals surface area contributed by atoms with Gasteiger partial charge < -0.3 is 14.4 Å². The Morgan fingerprint density at radius 2 is 1.94 bits per heavy atom. The summed E-state index contributed by atoms with van der Waals surface area (Å²) in [7, 11) is 0. The Hall–Kier alpha value is -3.35. The van der Waals surface area contributed by atoms with Crippen molar-refractivity contribution in [2.24, 2.45) is 5.92 Å². The molecule has 7 heteroatoms. The summed E-state index contributed by atoms with van der Waals surface area (Å²) in [5, 5.41) is 10.1. The number of nitrogens with zero attached hydrogens (tertiary/aromatic N) is 3. The first kappa shape index (κ1) is 20.9. The Bertz CT molecular complexity index is 1110. The van der Waals surface area contributed by atoms with Gasteiger partial charge in [-0.3, -0.25) is 14.5 Å². The van der Waals surface area contributed by atoms with E-state index in [1.807, 2.05) is 34.9 Å². The van der Waals surface area contributed by atoms with E-state index in [9.17, 15) is 14.7 Å². The van der Waals surface area contributed by atoms with Gasteiger partial charge in [-0.1, -0.05) is 44.0 Å². The van der Waals surface area contributed by atoms with Crippen LogP contribution in [0.15, 0.2) is 48.5 Å². The van der Waals surface area contributed by atoms with Gasteiger partial charge in [-0.05, 0) is 43.2 Å². The normalized spacial score (nSPS) is 18.3. The van der Waals surface area contributed by atoms with E-state index in [0.29, 0.717) is 18.1 Å². The molecule has 162 valence electrons. The van der Waals surface area contributed by atoms with E-state index >= 15 is 0 Å². The first-order valence-corrected chi connectivity index (χ1v) is 10.8. The molecule has 3 aromatic rings. The highest BCUT2D eigenvalue weighted by Gasteiger charge is 2.47. The summed E-state index contributed by atoms with van der Waals surface area (Å²) in [4.78, 5) is 33.1. The third-order valence-electron chi connectivity index (χ3n) is 5.68. The van der Waals surface area contributed by atoms with Crippen molar-refractivity contribution in [2.45, 2.75) is 39.2 Å². The molecule has 0 bridgehead atoms. The van der Waals surface area contributed by atoms with Crippen LogP contribution in [0, 0.1) is 5.92 Å². The van der Waals surface area contributed by atoms with Gasteiger partial charge >= 0.3 is 5.97 Å². The smallest absolute Gasteiger partial charge is 0.321 e. The lowest BCUT2D eigenvalue weighted by Crippen LogP contribution is -2.50. The highest BCUT2D eigenvalue weighted by Crippen LogP contribution is 2.41. The fourth-order valence-corrected chi connectivity index (χ4v) is 4.29. The van der Waals surface area contributed by atoms with Crippen molar-refractivity contribution in [3.05, 3.63) is 54.1 Å². The number of phenols is 1. The molecule has 0 aliphatic carbocycles. The number of phenolic OH excluding ortho intramolecular Hbond substituents is 1. The van der Waals surface area contributed by atoms with Crippen molar-refractivity contribution in [1.29, 1.82) is 0 Å². The van der Waals surface area contributed by atoms with Crippen LogP contribution in [0.5, 0.6) is 5.75 Å². The molecule has 1 aliphatic rings. The van der Waals surface area contributed by atoms with Gasteiger partial charge in [0, 0.05) is 6.54 Å². The van der Waals surface area contributed by atoms with Gasteiger partial charge in [-0.15, -0.1) is 0 Å². The number of rotatable bonds is 7. The molecule has 1 aromatic heterocycles. The summed E-state index contributed by atoms with van der Waals surface area (Å²) in [5.74, 6) is -1.34. The minimum absolute atomic E-state index is 0.0731. The SMILES string of the molecule is CCCCCN1C(=O)C(C(=O)OCC)C(c2cccc(O)c2)n2c1nc1ccccc12. The number of para-hydroxylation sites is 2. The van der Waals surface area contributed by atoms with Crippen LogP contribution in [0.1, 0.15) is 44.7 Å². The van der Waals surface area contributed by atoms with E-state index in [4.69, 9.17) is 9.72 Å². The number of hydrogen-bond donors (Lipinski definition) is 1. The van der Waals surface area contributed by atoms with Gasteiger partial charge in [0.05, 0.1) is 23.7 Å². The summed E-state index contributed by atoms with van der Waals surface area (Å²) >= 11 is 0. The maximum absolute atomic E-state index is 13.7. The fourth-order valence-electron chi connectivity index (χ4n) is 4.29. The molecule has 2 atom stereocenters. The summed E-state index contributed by atoms with van der Waals surface area (Å²) in [6.07, 6.45) is 2.81. The number of ether oxygens (including phenoxy) is 1. The third-order valence-corrected chi connectivity index (χ3v) is 5.68. The van der Waals surface area contributed by atoms with Crippen LogP contribution in [0.3, 0.4) is 0 Å². The van der Waals surface area contributed by atoms with Gasteiger partial charge in [0.1, 0.15) is 5.75 Å². The molecule has 4 rings (SSSR count). The van der Waals surface area contributed by atoms with Crippen molar-refractivity contribution < 1.29 is 19.4 Å². The van der Waals surface area contributed by atoms with Gasteiger partial charge in [-0.25, -0.2) is 4.98 Å². The molecule has 1 amide bonds. The van der Waals surface area contributed by atoms with Crippen LogP contribution in [-0.2, 0) is 14.3 Å². The van der Waals surface area contributed by atoms with Crippen molar-refractivity contribution in [3.63, 3.8) is 0 Å². The number of hydrogen-bond acceptors (Lipinski definition) is 5. The molecule has 2 aromatic carbocycles. The highest BCUT2D eigenvalue weighted by molar-refractivity contribution is 6.08. The lowest BCUT2D eigenvalue weighted by Gasteiger charge is -2.38. The largest absolute Gasteiger partial charge is 0.508 e. The van der Waals surface area contributed by atoms with Gasteiger partial charge in [0.15, 0.2) is 5.92 Å². The molecule has 0 spiro atoms. The molecular weight excluding hydrogens is 394 g/mol. The maximum Gasteiger partial charge on any atom is 0.321 e. The minimum atomic E-state index is -1.06. The molecule has 0 radical (unpaired) electrons.